The SMILES string of the molecule is CN(C)[C@H](CNc1ncc([N+](=O)[O-])cc1C#N)c1c(F)cccc1F. The first-order valence-corrected chi connectivity index (χ1v) is 7.24. The number of nitriles is 1. The van der Waals surface area contributed by atoms with E-state index in [1.165, 1.54) is 18.2 Å². The first-order valence-electron chi connectivity index (χ1n) is 7.24. The molecule has 0 aliphatic carbocycles. The Labute approximate surface area is 142 Å². The second-order valence-corrected chi connectivity index (χ2v) is 5.45. The summed E-state index contributed by atoms with van der Waals surface area (Å²) in [5, 5.41) is 22.7. The minimum absolute atomic E-state index is 0.0271. The van der Waals surface area contributed by atoms with Crippen molar-refractivity contribution >= 4 is 11.5 Å². The highest BCUT2D eigenvalue weighted by Crippen LogP contribution is 2.26. The predicted molar refractivity (Wildman–Crippen MR) is 86.9 cm³/mol. The number of likely N-dealkylation sites (N-methyl/N-ethyl adjacent to an activating group) is 1. The van der Waals surface area contributed by atoms with Gasteiger partial charge in [0.05, 0.1) is 11.0 Å². The number of hydrogen-bond donors (Lipinski definition) is 1. The van der Waals surface area contributed by atoms with Crippen LogP contribution in [0.15, 0.2) is 30.5 Å². The number of nitro groups is 1. The molecule has 0 bridgehead atoms. The summed E-state index contributed by atoms with van der Waals surface area (Å²) in [4.78, 5) is 15.6. The third kappa shape index (κ3) is 4.05. The van der Waals surface area contributed by atoms with Gasteiger partial charge in [-0.2, -0.15) is 5.26 Å². The van der Waals surface area contributed by atoms with E-state index in [2.05, 4.69) is 10.3 Å². The van der Waals surface area contributed by atoms with Crippen molar-refractivity contribution in [3.63, 3.8) is 0 Å². The Bertz CT molecular complexity index is 816. The lowest BCUT2D eigenvalue weighted by molar-refractivity contribution is -0.385. The second kappa shape index (κ2) is 7.63. The number of rotatable bonds is 6. The molecule has 0 saturated heterocycles. The average molecular weight is 347 g/mol. The highest BCUT2D eigenvalue weighted by Gasteiger charge is 2.23. The van der Waals surface area contributed by atoms with Crippen molar-refractivity contribution in [3.8, 4) is 6.07 Å². The molecule has 0 aliphatic heterocycles. The first kappa shape index (κ1) is 18.2. The van der Waals surface area contributed by atoms with Gasteiger partial charge in [-0.15, -0.1) is 0 Å². The number of pyridine rings is 1. The molecule has 2 aromatic rings. The van der Waals surface area contributed by atoms with Crippen LogP contribution in [0.25, 0.3) is 0 Å². The fourth-order valence-electron chi connectivity index (χ4n) is 2.34. The zero-order valence-electron chi connectivity index (χ0n) is 13.5. The summed E-state index contributed by atoms with van der Waals surface area (Å²) in [5.74, 6) is -1.26. The number of hydrogen-bond acceptors (Lipinski definition) is 6. The standard InChI is InChI=1S/C16H15F2N5O2/c1-22(2)14(15-12(17)4-3-5-13(15)18)9-21-16-10(7-19)6-11(8-20-16)23(24)25/h3-6,8,14H,9H2,1-2H3,(H,20,21)/t14-/m1/s1. The van der Waals surface area contributed by atoms with E-state index in [1.54, 1.807) is 19.0 Å². The molecule has 1 N–H and O–H groups in total. The van der Waals surface area contributed by atoms with Crippen molar-refractivity contribution in [3.05, 3.63) is 63.3 Å². The molecule has 130 valence electrons. The van der Waals surface area contributed by atoms with E-state index >= 15 is 0 Å². The lowest BCUT2D eigenvalue weighted by atomic mass is 10.0. The largest absolute Gasteiger partial charge is 0.367 e. The van der Waals surface area contributed by atoms with Crippen LogP contribution in [0.2, 0.25) is 0 Å². The monoisotopic (exact) mass is 347 g/mol. The molecule has 0 radical (unpaired) electrons. The summed E-state index contributed by atoms with van der Waals surface area (Å²) in [6.45, 7) is 0.0460. The minimum atomic E-state index is -0.683. The normalized spacial score (nSPS) is 11.8. The number of anilines is 1. The van der Waals surface area contributed by atoms with Gasteiger partial charge in [0.1, 0.15) is 35.3 Å². The van der Waals surface area contributed by atoms with E-state index in [4.69, 9.17) is 5.26 Å². The number of nitrogens with one attached hydrogen (secondary N) is 1. The Kier molecular flexibility index (Phi) is 5.56. The lowest BCUT2D eigenvalue weighted by Crippen LogP contribution is -2.29. The van der Waals surface area contributed by atoms with Gasteiger partial charge in [0.25, 0.3) is 5.69 Å². The second-order valence-electron chi connectivity index (χ2n) is 5.45. The van der Waals surface area contributed by atoms with Crippen LogP contribution in [-0.2, 0) is 0 Å². The van der Waals surface area contributed by atoms with Crippen LogP contribution in [0.1, 0.15) is 17.2 Å². The molecular weight excluding hydrogens is 332 g/mol. The zero-order valence-corrected chi connectivity index (χ0v) is 13.5. The first-order chi connectivity index (χ1) is 11.8. The van der Waals surface area contributed by atoms with Crippen LogP contribution in [0.4, 0.5) is 20.3 Å². The molecule has 1 aromatic heterocycles. The maximum atomic E-state index is 14.0. The Morgan fingerprint density at radius 3 is 2.56 bits per heavy atom. The summed E-state index contributed by atoms with van der Waals surface area (Å²) in [7, 11) is 3.32. The van der Waals surface area contributed by atoms with E-state index in [1.807, 2.05) is 6.07 Å². The Morgan fingerprint density at radius 2 is 2.04 bits per heavy atom. The summed E-state index contributed by atoms with van der Waals surface area (Å²) in [5.41, 5.74) is -0.451. The van der Waals surface area contributed by atoms with Gasteiger partial charge in [-0.1, -0.05) is 6.07 Å². The Hall–Kier alpha value is -3.12. The van der Waals surface area contributed by atoms with Crippen LogP contribution in [0.5, 0.6) is 0 Å². The van der Waals surface area contributed by atoms with E-state index in [-0.39, 0.29) is 29.2 Å². The molecular formula is C16H15F2N5O2. The Morgan fingerprint density at radius 1 is 1.40 bits per heavy atom. The molecule has 1 heterocycles. The van der Waals surface area contributed by atoms with Crippen molar-refractivity contribution in [2.45, 2.75) is 6.04 Å². The molecule has 0 saturated carbocycles. The van der Waals surface area contributed by atoms with Gasteiger partial charge in [0.2, 0.25) is 0 Å². The fraction of sp³-hybridized carbons (Fsp3) is 0.250. The molecule has 1 atom stereocenters. The van der Waals surface area contributed by atoms with Gasteiger partial charge in [-0.25, -0.2) is 13.8 Å². The third-order valence-corrected chi connectivity index (χ3v) is 3.62. The van der Waals surface area contributed by atoms with Gasteiger partial charge >= 0.3 is 0 Å². The molecule has 9 heteroatoms. The highest BCUT2D eigenvalue weighted by molar-refractivity contribution is 5.55. The van der Waals surface area contributed by atoms with Gasteiger partial charge < -0.3 is 10.2 Å². The van der Waals surface area contributed by atoms with Gasteiger partial charge in [-0.05, 0) is 26.2 Å². The zero-order chi connectivity index (χ0) is 18.6. The van der Waals surface area contributed by atoms with Crippen molar-refractivity contribution in [2.24, 2.45) is 0 Å². The topological polar surface area (TPSA) is 95.1 Å². The van der Waals surface area contributed by atoms with E-state index in [0.29, 0.717) is 0 Å². The summed E-state index contributed by atoms with van der Waals surface area (Å²) < 4.78 is 28.1. The van der Waals surface area contributed by atoms with Crippen molar-refractivity contribution in [1.29, 1.82) is 5.26 Å². The van der Waals surface area contributed by atoms with E-state index < -0.39 is 22.6 Å². The number of halogens is 2. The number of benzene rings is 1. The molecule has 0 unspecified atom stereocenters. The molecule has 1 aromatic carbocycles. The van der Waals surface area contributed by atoms with Gasteiger partial charge in [0.15, 0.2) is 0 Å². The number of nitrogens with zero attached hydrogens (tertiary/aromatic N) is 4. The molecule has 0 spiro atoms. The average Bonchev–Trinajstić information content (AvgIpc) is 2.56. The van der Waals surface area contributed by atoms with Crippen molar-refractivity contribution < 1.29 is 13.7 Å². The van der Waals surface area contributed by atoms with Crippen molar-refractivity contribution in [2.75, 3.05) is 26.0 Å². The van der Waals surface area contributed by atoms with Gasteiger partial charge in [0, 0.05) is 18.2 Å². The van der Waals surface area contributed by atoms with Crippen LogP contribution in [0.3, 0.4) is 0 Å². The fourth-order valence-corrected chi connectivity index (χ4v) is 2.34. The number of aromatic nitrogens is 1. The molecule has 2 rings (SSSR count). The minimum Gasteiger partial charge on any atom is -0.367 e. The molecule has 0 aliphatic rings. The summed E-state index contributed by atoms with van der Waals surface area (Å²) >= 11 is 0. The van der Waals surface area contributed by atoms with Crippen molar-refractivity contribution in [1.82, 2.24) is 9.88 Å². The van der Waals surface area contributed by atoms with E-state index in [9.17, 15) is 18.9 Å². The van der Waals surface area contributed by atoms with Crippen LogP contribution >= 0.6 is 0 Å². The molecule has 25 heavy (non-hydrogen) atoms. The highest BCUT2D eigenvalue weighted by atomic mass is 19.1. The third-order valence-electron chi connectivity index (χ3n) is 3.62. The van der Waals surface area contributed by atoms with Crippen LogP contribution in [0, 0.1) is 33.1 Å². The van der Waals surface area contributed by atoms with Crippen LogP contribution < -0.4 is 5.32 Å². The van der Waals surface area contributed by atoms with E-state index in [0.717, 1.165) is 12.3 Å². The predicted octanol–water partition coefficient (Wildman–Crippen LogP) is 2.85. The van der Waals surface area contributed by atoms with Gasteiger partial charge in [-0.3, -0.25) is 10.1 Å². The molecule has 7 nitrogen and oxygen atoms in total. The lowest BCUT2D eigenvalue weighted by Gasteiger charge is -2.26. The maximum absolute atomic E-state index is 14.0. The van der Waals surface area contributed by atoms with Crippen LogP contribution in [-0.4, -0.2) is 35.4 Å². The quantitative estimate of drug-likeness (QED) is 0.638. The Balaban J connectivity index is 2.29. The summed E-state index contributed by atoms with van der Waals surface area (Å²) in [6.07, 6.45) is 1.01. The molecule has 0 fully saturated rings. The molecule has 0 amide bonds. The summed E-state index contributed by atoms with van der Waals surface area (Å²) in [6, 6.07) is 5.84. The maximum Gasteiger partial charge on any atom is 0.289 e. The smallest absolute Gasteiger partial charge is 0.289 e.